The van der Waals surface area contributed by atoms with Gasteiger partial charge in [0.05, 0.1) is 21.7 Å². The molecule has 278 valence electrons. The van der Waals surface area contributed by atoms with Crippen LogP contribution < -0.4 is 20.4 Å². The van der Waals surface area contributed by atoms with Gasteiger partial charge in [-0.3, -0.25) is 39.1 Å². The highest BCUT2D eigenvalue weighted by Gasteiger charge is 2.45. The topological polar surface area (TPSA) is 146 Å². The van der Waals surface area contributed by atoms with E-state index in [0.29, 0.717) is 52.4 Å². The molecule has 13 heteroatoms. The minimum absolute atomic E-state index is 0.0532. The van der Waals surface area contributed by atoms with E-state index in [1.165, 1.54) is 0 Å². The molecule has 12 nitrogen and oxygen atoms in total. The fourth-order valence-electron chi connectivity index (χ4n) is 8.87. The highest BCUT2D eigenvalue weighted by molar-refractivity contribution is 6.32. The third-order valence-electron chi connectivity index (χ3n) is 12.0. The van der Waals surface area contributed by atoms with Crippen LogP contribution in [0.2, 0.25) is 5.02 Å². The monoisotopic (exact) mass is 747 g/mol. The van der Waals surface area contributed by atoms with Gasteiger partial charge in [0.15, 0.2) is 0 Å². The first-order valence-electron chi connectivity index (χ1n) is 18.8. The van der Waals surface area contributed by atoms with Gasteiger partial charge < -0.3 is 15.1 Å². The van der Waals surface area contributed by atoms with Crippen molar-refractivity contribution < 1.29 is 24.0 Å². The van der Waals surface area contributed by atoms with Crippen molar-refractivity contribution in [2.75, 3.05) is 29.9 Å². The third-order valence-corrected chi connectivity index (χ3v) is 12.4. The molecule has 1 aliphatic carbocycles. The highest BCUT2D eigenvalue weighted by atomic mass is 35.5. The lowest BCUT2D eigenvalue weighted by Gasteiger charge is -2.38. The lowest BCUT2D eigenvalue weighted by molar-refractivity contribution is -0.136. The van der Waals surface area contributed by atoms with E-state index in [4.69, 9.17) is 11.6 Å². The zero-order valence-electron chi connectivity index (χ0n) is 30.1. The number of nitriles is 1. The Balaban J connectivity index is 0.806. The van der Waals surface area contributed by atoms with Gasteiger partial charge in [-0.25, -0.2) is 0 Å². The number of hydrogen-bond donors (Lipinski definition) is 2. The molecule has 0 unspecified atom stereocenters. The predicted molar refractivity (Wildman–Crippen MR) is 202 cm³/mol. The molecule has 2 N–H and O–H groups in total. The molecule has 1 atom stereocenters. The maximum atomic E-state index is 13.3. The van der Waals surface area contributed by atoms with Gasteiger partial charge in [-0.15, -0.1) is 0 Å². The molecule has 1 saturated carbocycles. The summed E-state index contributed by atoms with van der Waals surface area (Å²) < 4.78 is 0. The van der Waals surface area contributed by atoms with E-state index in [1.807, 2.05) is 48.5 Å². The van der Waals surface area contributed by atoms with Crippen LogP contribution in [0.4, 0.5) is 11.4 Å². The van der Waals surface area contributed by atoms with Crippen molar-refractivity contribution in [2.24, 2.45) is 0 Å². The molecule has 2 saturated heterocycles. The average Bonchev–Trinajstić information content (AvgIpc) is 3.71. The molecule has 3 fully saturated rings. The number of amides is 5. The van der Waals surface area contributed by atoms with Crippen LogP contribution in [-0.4, -0.2) is 83.6 Å². The van der Waals surface area contributed by atoms with E-state index in [0.717, 1.165) is 79.0 Å². The maximum absolute atomic E-state index is 13.3. The van der Waals surface area contributed by atoms with Crippen molar-refractivity contribution in [3.05, 3.63) is 93.0 Å². The smallest absolute Gasteiger partial charge is 0.262 e. The third kappa shape index (κ3) is 6.71. The normalized spacial score (nSPS) is 23.2. The van der Waals surface area contributed by atoms with E-state index in [2.05, 4.69) is 38.5 Å². The summed E-state index contributed by atoms with van der Waals surface area (Å²) in [6, 6.07) is 19.0. The van der Waals surface area contributed by atoms with Crippen LogP contribution in [0.25, 0.3) is 0 Å². The van der Waals surface area contributed by atoms with Crippen LogP contribution in [0, 0.1) is 11.3 Å². The summed E-state index contributed by atoms with van der Waals surface area (Å²) in [6.07, 6.45) is 5.85. The van der Waals surface area contributed by atoms with Crippen LogP contribution in [-0.2, 0) is 22.7 Å². The summed E-state index contributed by atoms with van der Waals surface area (Å²) in [5.74, 6) is -1.99. The Morgan fingerprint density at radius 1 is 0.870 bits per heavy atom. The van der Waals surface area contributed by atoms with Crippen molar-refractivity contribution in [3.8, 4) is 6.07 Å². The lowest BCUT2D eigenvalue weighted by Crippen LogP contribution is -2.54. The number of imide groups is 2. The largest absolute Gasteiger partial charge is 0.372 e. The van der Waals surface area contributed by atoms with Crippen LogP contribution in [0.15, 0.2) is 54.6 Å². The fraction of sp³-hybridized carbons (Fsp3) is 0.415. The van der Waals surface area contributed by atoms with Crippen molar-refractivity contribution in [3.63, 3.8) is 0 Å². The van der Waals surface area contributed by atoms with Gasteiger partial charge in [-0.2, -0.15) is 5.26 Å². The molecular weight excluding hydrogens is 706 g/mol. The minimum Gasteiger partial charge on any atom is -0.372 e. The Labute approximate surface area is 319 Å². The summed E-state index contributed by atoms with van der Waals surface area (Å²) in [5, 5.41) is 15.1. The zero-order valence-corrected chi connectivity index (χ0v) is 30.9. The molecule has 3 aromatic rings. The summed E-state index contributed by atoms with van der Waals surface area (Å²) in [6.45, 7) is 3.15. The SMILES string of the molecule is CN(c1ccc(C#N)c(Cl)c1)C1CCC(NC(=O)c2ccc(N3CCC(N4Cc5cc6c(cc5C4)C(=O)N([C@H]4CCC(=O)NC4=O)C6=O)CC3)cc2)CC1. The van der Waals surface area contributed by atoms with Crippen molar-refractivity contribution in [2.45, 2.75) is 88.6 Å². The van der Waals surface area contributed by atoms with E-state index in [9.17, 15) is 29.2 Å². The standard InChI is InChI=1S/C41H42ClN7O5/c1-46(32-9-4-25(21-43)35(42)20-32)29-10-5-28(6-11-29)44-38(51)24-2-7-30(8-3-24)47-16-14-31(15-17-47)48-22-26-18-33-34(19-27(26)23-48)41(54)49(40(33)53)36-12-13-37(50)45-39(36)52/h2-4,7-9,18-20,28-29,31,36H,5-6,10-17,22-23H2,1H3,(H,44,51)(H,45,50,52)/t28?,29?,36-/m0/s1. The fourth-order valence-corrected chi connectivity index (χ4v) is 9.08. The number of carbonyl (C=O) groups excluding carboxylic acids is 5. The van der Waals surface area contributed by atoms with Crippen molar-refractivity contribution in [1.29, 1.82) is 5.26 Å². The molecule has 5 amide bonds. The van der Waals surface area contributed by atoms with Gasteiger partial charge in [0.25, 0.3) is 17.7 Å². The first kappa shape index (κ1) is 35.8. The Morgan fingerprint density at radius 3 is 2.11 bits per heavy atom. The molecule has 4 heterocycles. The van der Waals surface area contributed by atoms with Crippen molar-refractivity contribution in [1.82, 2.24) is 20.4 Å². The van der Waals surface area contributed by atoms with Crippen LogP contribution >= 0.6 is 11.6 Å². The molecule has 5 aliphatic rings. The Morgan fingerprint density at radius 2 is 1.52 bits per heavy atom. The van der Waals surface area contributed by atoms with Gasteiger partial charge in [0, 0.05) is 74.7 Å². The average molecular weight is 748 g/mol. The second-order valence-corrected chi connectivity index (χ2v) is 15.6. The summed E-state index contributed by atoms with van der Waals surface area (Å²) in [5.41, 5.74) is 5.93. The Bertz CT molecular complexity index is 2040. The second-order valence-electron chi connectivity index (χ2n) is 15.1. The number of anilines is 2. The summed E-state index contributed by atoms with van der Waals surface area (Å²) in [4.78, 5) is 71.9. The van der Waals surface area contributed by atoms with Gasteiger partial charge in [-0.1, -0.05) is 11.6 Å². The molecule has 3 aromatic carbocycles. The first-order chi connectivity index (χ1) is 26.1. The quantitative estimate of drug-likeness (QED) is 0.327. The van der Waals surface area contributed by atoms with E-state index >= 15 is 0 Å². The Hall–Kier alpha value is -5.25. The number of piperidine rings is 2. The zero-order chi connectivity index (χ0) is 37.7. The molecule has 0 spiro atoms. The van der Waals surface area contributed by atoms with Gasteiger partial charge in [-0.05, 0) is 111 Å². The number of fused-ring (bicyclic) bond motifs is 2. The predicted octanol–water partition coefficient (Wildman–Crippen LogP) is 4.77. The van der Waals surface area contributed by atoms with Crippen LogP contribution in [0.1, 0.15) is 99.1 Å². The molecule has 0 radical (unpaired) electrons. The molecule has 8 rings (SSSR count). The number of nitrogens with zero attached hydrogens (tertiary/aromatic N) is 5. The van der Waals surface area contributed by atoms with Gasteiger partial charge in [0.1, 0.15) is 12.1 Å². The molecular formula is C41H42ClN7O5. The highest BCUT2D eigenvalue weighted by Crippen LogP contribution is 2.36. The Kier molecular flexibility index (Phi) is 9.62. The molecule has 4 aliphatic heterocycles. The first-order valence-corrected chi connectivity index (χ1v) is 19.2. The number of benzene rings is 3. The van der Waals surface area contributed by atoms with Gasteiger partial charge in [0.2, 0.25) is 11.8 Å². The van der Waals surface area contributed by atoms with Crippen molar-refractivity contribution >= 4 is 52.5 Å². The minimum atomic E-state index is -0.965. The maximum Gasteiger partial charge on any atom is 0.262 e. The van der Waals surface area contributed by atoms with Gasteiger partial charge >= 0.3 is 0 Å². The number of hydrogen-bond acceptors (Lipinski definition) is 9. The van der Waals surface area contributed by atoms with Crippen LogP contribution in [0.5, 0.6) is 0 Å². The van der Waals surface area contributed by atoms with E-state index in [1.54, 1.807) is 6.07 Å². The van der Waals surface area contributed by atoms with E-state index in [-0.39, 0.29) is 30.7 Å². The second kappa shape index (κ2) is 14.5. The van der Waals surface area contributed by atoms with Crippen LogP contribution in [0.3, 0.4) is 0 Å². The lowest BCUT2D eigenvalue weighted by atomic mass is 9.90. The number of nitrogens with one attached hydrogen (secondary N) is 2. The number of halogens is 1. The molecule has 54 heavy (non-hydrogen) atoms. The number of carbonyl (C=O) groups is 5. The van der Waals surface area contributed by atoms with E-state index < -0.39 is 23.8 Å². The molecule has 0 bridgehead atoms. The number of rotatable bonds is 7. The molecule has 0 aromatic heterocycles. The summed E-state index contributed by atoms with van der Waals surface area (Å²) in [7, 11) is 2.05. The summed E-state index contributed by atoms with van der Waals surface area (Å²) >= 11 is 6.26.